The first-order chi connectivity index (χ1) is 8.79. The molecule has 1 amide bonds. The zero-order valence-electron chi connectivity index (χ0n) is 9.50. The van der Waals surface area contributed by atoms with Crippen LogP contribution in [-0.4, -0.2) is 15.9 Å². The number of carbonyl (C=O) groups excluding carboxylic acids is 1. The van der Waals surface area contributed by atoms with Gasteiger partial charge in [-0.05, 0) is 23.8 Å². The van der Waals surface area contributed by atoms with E-state index in [0.29, 0.717) is 12.1 Å². The number of hydrogen-bond acceptors (Lipinski definition) is 4. The second-order valence-corrected chi connectivity index (χ2v) is 3.59. The van der Waals surface area contributed by atoms with Crippen LogP contribution in [0.2, 0.25) is 0 Å². The standard InChI is InChI=1S/C13H10N4O/c14-6-10-3-4-12(16-8-10)13(18)17-9-11-2-1-5-15-7-11/h1-5,7-8H,9H2,(H,17,18). The molecule has 0 saturated heterocycles. The van der Waals surface area contributed by atoms with Crippen LogP contribution < -0.4 is 5.32 Å². The first-order valence-corrected chi connectivity index (χ1v) is 5.33. The summed E-state index contributed by atoms with van der Waals surface area (Å²) in [5, 5.41) is 11.4. The fourth-order valence-electron chi connectivity index (χ4n) is 1.37. The predicted molar refractivity (Wildman–Crippen MR) is 64.4 cm³/mol. The molecule has 0 unspecified atom stereocenters. The van der Waals surface area contributed by atoms with Gasteiger partial charge in [0.2, 0.25) is 0 Å². The van der Waals surface area contributed by atoms with Crippen molar-refractivity contribution < 1.29 is 4.79 Å². The summed E-state index contributed by atoms with van der Waals surface area (Å²) in [5.74, 6) is -0.275. The summed E-state index contributed by atoms with van der Waals surface area (Å²) < 4.78 is 0. The number of pyridine rings is 2. The fourth-order valence-corrected chi connectivity index (χ4v) is 1.37. The van der Waals surface area contributed by atoms with Gasteiger partial charge in [0, 0.05) is 25.1 Å². The van der Waals surface area contributed by atoms with Crippen molar-refractivity contribution in [3.05, 3.63) is 59.7 Å². The van der Waals surface area contributed by atoms with E-state index >= 15 is 0 Å². The Bertz CT molecular complexity index is 572. The summed E-state index contributed by atoms with van der Waals surface area (Å²) in [6.45, 7) is 0.397. The van der Waals surface area contributed by atoms with Crippen molar-refractivity contribution in [1.29, 1.82) is 5.26 Å². The third kappa shape index (κ3) is 2.89. The summed E-state index contributed by atoms with van der Waals surface area (Å²) >= 11 is 0. The number of aromatic nitrogens is 2. The van der Waals surface area contributed by atoms with E-state index in [-0.39, 0.29) is 11.6 Å². The molecular formula is C13H10N4O. The summed E-state index contributed by atoms with van der Waals surface area (Å²) in [6, 6.07) is 8.72. The van der Waals surface area contributed by atoms with Gasteiger partial charge in [-0.1, -0.05) is 6.07 Å². The van der Waals surface area contributed by atoms with Crippen LogP contribution in [-0.2, 0) is 6.54 Å². The highest BCUT2D eigenvalue weighted by atomic mass is 16.1. The number of carbonyl (C=O) groups is 1. The first kappa shape index (κ1) is 11.7. The number of nitrogens with zero attached hydrogens (tertiary/aromatic N) is 3. The molecule has 2 rings (SSSR count). The summed E-state index contributed by atoms with van der Waals surface area (Å²) in [7, 11) is 0. The Morgan fingerprint density at radius 1 is 1.33 bits per heavy atom. The van der Waals surface area contributed by atoms with E-state index in [9.17, 15) is 4.79 Å². The molecule has 0 saturated carbocycles. The van der Waals surface area contributed by atoms with Gasteiger partial charge in [0.05, 0.1) is 5.56 Å². The van der Waals surface area contributed by atoms with Gasteiger partial charge < -0.3 is 5.32 Å². The average Bonchev–Trinajstić information content (AvgIpc) is 2.46. The largest absolute Gasteiger partial charge is 0.347 e. The van der Waals surface area contributed by atoms with Crippen molar-refractivity contribution >= 4 is 5.91 Å². The van der Waals surface area contributed by atoms with Gasteiger partial charge in [-0.2, -0.15) is 5.26 Å². The van der Waals surface area contributed by atoms with Crippen LogP contribution in [0.25, 0.3) is 0 Å². The van der Waals surface area contributed by atoms with E-state index in [1.807, 2.05) is 12.1 Å². The van der Waals surface area contributed by atoms with Gasteiger partial charge in [-0.3, -0.25) is 9.78 Å². The maximum absolute atomic E-state index is 11.7. The molecule has 5 heteroatoms. The van der Waals surface area contributed by atoms with E-state index in [2.05, 4.69) is 15.3 Å². The van der Waals surface area contributed by atoms with Crippen molar-refractivity contribution in [2.24, 2.45) is 0 Å². The van der Waals surface area contributed by atoms with E-state index in [4.69, 9.17) is 5.26 Å². The molecule has 0 atom stereocenters. The molecule has 0 radical (unpaired) electrons. The lowest BCUT2D eigenvalue weighted by atomic mass is 10.2. The Morgan fingerprint density at radius 2 is 2.22 bits per heavy atom. The molecule has 0 aromatic carbocycles. The third-order valence-electron chi connectivity index (χ3n) is 2.30. The lowest BCUT2D eigenvalue weighted by Crippen LogP contribution is -2.23. The Balaban J connectivity index is 1.98. The van der Waals surface area contributed by atoms with Crippen molar-refractivity contribution in [3.8, 4) is 6.07 Å². The van der Waals surface area contributed by atoms with E-state index in [1.165, 1.54) is 12.3 Å². The quantitative estimate of drug-likeness (QED) is 0.873. The number of hydrogen-bond donors (Lipinski definition) is 1. The molecule has 2 aromatic rings. The summed E-state index contributed by atoms with van der Waals surface area (Å²) in [4.78, 5) is 19.6. The van der Waals surface area contributed by atoms with Gasteiger partial charge >= 0.3 is 0 Å². The molecule has 0 aliphatic rings. The topological polar surface area (TPSA) is 78.7 Å². The number of amides is 1. The van der Waals surface area contributed by atoms with Crippen molar-refractivity contribution in [3.63, 3.8) is 0 Å². The number of nitrogens with one attached hydrogen (secondary N) is 1. The lowest BCUT2D eigenvalue weighted by molar-refractivity contribution is 0.0946. The lowest BCUT2D eigenvalue weighted by Gasteiger charge is -2.04. The van der Waals surface area contributed by atoms with Crippen LogP contribution in [0.15, 0.2) is 42.9 Å². The molecule has 0 aliphatic carbocycles. The third-order valence-corrected chi connectivity index (χ3v) is 2.30. The predicted octanol–water partition coefficient (Wildman–Crippen LogP) is 1.28. The SMILES string of the molecule is N#Cc1ccc(C(=O)NCc2cccnc2)nc1. The van der Waals surface area contributed by atoms with Crippen LogP contribution in [0.4, 0.5) is 0 Å². The molecule has 18 heavy (non-hydrogen) atoms. The first-order valence-electron chi connectivity index (χ1n) is 5.33. The maximum Gasteiger partial charge on any atom is 0.270 e. The fraction of sp³-hybridized carbons (Fsp3) is 0.0769. The molecule has 5 nitrogen and oxygen atoms in total. The van der Waals surface area contributed by atoms with Gasteiger partial charge in [-0.25, -0.2) is 4.98 Å². The van der Waals surface area contributed by atoms with Gasteiger partial charge in [0.25, 0.3) is 5.91 Å². The van der Waals surface area contributed by atoms with Crippen LogP contribution >= 0.6 is 0 Å². The van der Waals surface area contributed by atoms with Crippen LogP contribution in [0.3, 0.4) is 0 Å². The molecule has 0 fully saturated rings. The van der Waals surface area contributed by atoms with E-state index in [0.717, 1.165) is 5.56 Å². The highest BCUT2D eigenvalue weighted by Gasteiger charge is 2.06. The van der Waals surface area contributed by atoms with Crippen molar-refractivity contribution in [2.75, 3.05) is 0 Å². The van der Waals surface area contributed by atoms with Gasteiger partial charge in [0.1, 0.15) is 11.8 Å². The van der Waals surface area contributed by atoms with Gasteiger partial charge in [-0.15, -0.1) is 0 Å². The molecule has 1 N–H and O–H groups in total. The van der Waals surface area contributed by atoms with Gasteiger partial charge in [0.15, 0.2) is 0 Å². The number of rotatable bonds is 3. The molecule has 2 aromatic heterocycles. The maximum atomic E-state index is 11.7. The minimum absolute atomic E-state index is 0.275. The smallest absolute Gasteiger partial charge is 0.270 e. The Hall–Kier alpha value is -2.74. The summed E-state index contributed by atoms with van der Waals surface area (Å²) in [5.41, 5.74) is 1.64. The second kappa shape index (κ2) is 5.55. The zero-order valence-corrected chi connectivity index (χ0v) is 9.50. The van der Waals surface area contributed by atoms with Crippen LogP contribution in [0, 0.1) is 11.3 Å². The molecule has 0 aliphatic heterocycles. The molecule has 88 valence electrons. The minimum atomic E-state index is -0.275. The average molecular weight is 238 g/mol. The van der Waals surface area contributed by atoms with Crippen molar-refractivity contribution in [2.45, 2.75) is 6.54 Å². The number of nitriles is 1. The van der Waals surface area contributed by atoms with Crippen molar-refractivity contribution in [1.82, 2.24) is 15.3 Å². The molecule has 2 heterocycles. The molecule has 0 bridgehead atoms. The normalized spacial score (nSPS) is 9.50. The Kier molecular flexibility index (Phi) is 3.62. The highest BCUT2D eigenvalue weighted by molar-refractivity contribution is 5.92. The summed E-state index contributed by atoms with van der Waals surface area (Å²) in [6.07, 6.45) is 4.74. The van der Waals surface area contributed by atoms with E-state index in [1.54, 1.807) is 24.5 Å². The van der Waals surface area contributed by atoms with Crippen LogP contribution in [0.1, 0.15) is 21.6 Å². The van der Waals surface area contributed by atoms with E-state index < -0.39 is 0 Å². The highest BCUT2D eigenvalue weighted by Crippen LogP contribution is 2.00. The molecular weight excluding hydrogens is 228 g/mol. The van der Waals surface area contributed by atoms with Crippen LogP contribution in [0.5, 0.6) is 0 Å². The second-order valence-electron chi connectivity index (χ2n) is 3.59. The Morgan fingerprint density at radius 3 is 2.83 bits per heavy atom. The Labute approximate surface area is 104 Å². The monoisotopic (exact) mass is 238 g/mol. The molecule has 0 spiro atoms. The zero-order chi connectivity index (χ0) is 12.8. The minimum Gasteiger partial charge on any atom is -0.347 e.